The van der Waals surface area contributed by atoms with Gasteiger partial charge in [-0.05, 0) is 37.1 Å². The number of ketones is 2. The van der Waals surface area contributed by atoms with E-state index in [-0.39, 0.29) is 39.4 Å². The number of benzene rings is 1. The minimum absolute atomic E-state index is 0.0184. The van der Waals surface area contributed by atoms with Crippen molar-refractivity contribution in [2.24, 2.45) is 0 Å². The lowest BCUT2D eigenvalue weighted by Crippen LogP contribution is -2.25. The van der Waals surface area contributed by atoms with Gasteiger partial charge in [-0.2, -0.15) is 13.2 Å². The van der Waals surface area contributed by atoms with Gasteiger partial charge in [-0.15, -0.1) is 0 Å². The Balaban J connectivity index is 1.75. The van der Waals surface area contributed by atoms with Crippen LogP contribution in [-0.2, 0) is 6.18 Å². The predicted octanol–water partition coefficient (Wildman–Crippen LogP) is 3.42. The van der Waals surface area contributed by atoms with Crippen molar-refractivity contribution in [3.8, 4) is 0 Å². The third kappa shape index (κ3) is 2.68. The fourth-order valence-electron chi connectivity index (χ4n) is 3.86. The molecule has 0 unspecified atom stereocenters. The molecule has 2 aliphatic rings. The van der Waals surface area contributed by atoms with Crippen molar-refractivity contribution in [3.63, 3.8) is 0 Å². The number of hydrogen-bond acceptors (Lipinski definition) is 6. The van der Waals surface area contributed by atoms with Crippen LogP contribution < -0.4 is 4.90 Å². The molecule has 0 bridgehead atoms. The van der Waals surface area contributed by atoms with Gasteiger partial charge in [-0.3, -0.25) is 14.6 Å². The normalized spacial score (nSPS) is 16.3. The first kappa shape index (κ1) is 17.7. The zero-order valence-electron chi connectivity index (χ0n) is 15.0. The Kier molecular flexibility index (Phi) is 3.71. The summed E-state index contributed by atoms with van der Waals surface area (Å²) >= 11 is 0. The summed E-state index contributed by atoms with van der Waals surface area (Å²) in [5, 5.41) is 0. The maximum Gasteiger partial charge on any atom is 0.418 e. The van der Waals surface area contributed by atoms with Gasteiger partial charge in [0.05, 0.1) is 27.8 Å². The molecule has 6 nitrogen and oxygen atoms in total. The highest BCUT2D eigenvalue weighted by atomic mass is 19.4. The lowest BCUT2D eigenvalue weighted by Gasteiger charge is -2.23. The largest absolute Gasteiger partial charge is 0.418 e. The molecule has 0 amide bonds. The molecule has 0 radical (unpaired) electrons. The van der Waals surface area contributed by atoms with Crippen LogP contribution in [0.5, 0.6) is 0 Å². The van der Waals surface area contributed by atoms with Crippen molar-refractivity contribution in [1.29, 1.82) is 0 Å². The number of rotatable bonds is 1. The Hall–Kier alpha value is -3.36. The first-order valence-electron chi connectivity index (χ1n) is 9.07. The lowest BCUT2D eigenvalue weighted by atomic mass is 9.93. The summed E-state index contributed by atoms with van der Waals surface area (Å²) in [7, 11) is 0. The molecular formula is C20H13F3N4O2. The first-order chi connectivity index (χ1) is 13.8. The Bertz CT molecular complexity index is 1200. The molecule has 5 rings (SSSR count). The van der Waals surface area contributed by atoms with E-state index in [4.69, 9.17) is 0 Å². The zero-order chi connectivity index (χ0) is 20.3. The summed E-state index contributed by atoms with van der Waals surface area (Å²) in [4.78, 5) is 39.5. The SMILES string of the molecule is O=C1c2cccnc2C(=O)c2nc3cc(N4CCCC4)c(C(F)(F)F)cc3nc21. The summed E-state index contributed by atoms with van der Waals surface area (Å²) in [6.07, 6.45) is -1.58. The highest BCUT2D eigenvalue weighted by Crippen LogP contribution is 2.40. The number of hydrogen-bond donors (Lipinski definition) is 0. The summed E-state index contributed by atoms with van der Waals surface area (Å²) in [5.74, 6) is -1.14. The van der Waals surface area contributed by atoms with Crippen LogP contribution in [0.3, 0.4) is 0 Å². The van der Waals surface area contributed by atoms with Gasteiger partial charge in [0.2, 0.25) is 11.6 Å². The van der Waals surface area contributed by atoms with Crippen LogP contribution in [0.1, 0.15) is 50.6 Å². The molecule has 0 saturated carbocycles. The summed E-state index contributed by atoms with van der Waals surface area (Å²) in [6, 6.07) is 5.16. The molecule has 2 aromatic heterocycles. The molecule has 1 aliphatic carbocycles. The van der Waals surface area contributed by atoms with Crippen molar-refractivity contribution >= 4 is 28.3 Å². The second-order valence-corrected chi connectivity index (χ2v) is 7.03. The molecule has 3 heterocycles. The maximum absolute atomic E-state index is 13.7. The van der Waals surface area contributed by atoms with Gasteiger partial charge in [-0.25, -0.2) is 9.97 Å². The number of alkyl halides is 3. The quantitative estimate of drug-likeness (QED) is 0.489. The maximum atomic E-state index is 13.7. The van der Waals surface area contributed by atoms with Crippen LogP contribution in [0.25, 0.3) is 11.0 Å². The van der Waals surface area contributed by atoms with Crippen molar-refractivity contribution in [2.75, 3.05) is 18.0 Å². The van der Waals surface area contributed by atoms with Crippen molar-refractivity contribution < 1.29 is 22.8 Å². The number of aromatic nitrogens is 3. The second kappa shape index (κ2) is 6.07. The number of nitrogens with zero attached hydrogens (tertiary/aromatic N) is 4. The van der Waals surface area contributed by atoms with E-state index < -0.39 is 23.3 Å². The van der Waals surface area contributed by atoms with Gasteiger partial charge in [0, 0.05) is 19.3 Å². The van der Waals surface area contributed by atoms with E-state index in [1.165, 1.54) is 24.4 Å². The van der Waals surface area contributed by atoms with Gasteiger partial charge in [0.25, 0.3) is 0 Å². The van der Waals surface area contributed by atoms with Gasteiger partial charge >= 0.3 is 6.18 Å². The van der Waals surface area contributed by atoms with Crippen LogP contribution in [-0.4, -0.2) is 39.6 Å². The molecule has 1 fully saturated rings. The summed E-state index contributed by atoms with van der Waals surface area (Å²) in [6.45, 7) is 1.03. The van der Waals surface area contributed by atoms with Gasteiger partial charge in [0.1, 0.15) is 17.1 Å². The molecule has 1 aliphatic heterocycles. The van der Waals surface area contributed by atoms with Gasteiger partial charge < -0.3 is 4.90 Å². The van der Waals surface area contributed by atoms with Crippen LogP contribution >= 0.6 is 0 Å². The summed E-state index contributed by atoms with van der Waals surface area (Å²) in [5.41, 5.74) is -1.12. The molecule has 0 N–H and O–H groups in total. The zero-order valence-corrected chi connectivity index (χ0v) is 15.0. The molecular weight excluding hydrogens is 385 g/mol. The Labute approximate surface area is 162 Å². The van der Waals surface area contributed by atoms with E-state index in [0.29, 0.717) is 13.1 Å². The summed E-state index contributed by atoms with van der Waals surface area (Å²) < 4.78 is 41.1. The minimum atomic E-state index is -4.58. The molecule has 9 heteroatoms. The van der Waals surface area contributed by atoms with E-state index in [1.54, 1.807) is 4.90 Å². The number of carbonyl (C=O) groups excluding carboxylic acids is 2. The van der Waals surface area contributed by atoms with Crippen molar-refractivity contribution in [3.05, 3.63) is 58.7 Å². The Morgan fingerprint density at radius 2 is 1.55 bits per heavy atom. The number of carbonyl (C=O) groups is 2. The number of fused-ring (bicyclic) bond motifs is 3. The monoisotopic (exact) mass is 398 g/mol. The lowest BCUT2D eigenvalue weighted by molar-refractivity contribution is -0.137. The molecule has 1 aromatic carbocycles. The van der Waals surface area contributed by atoms with Gasteiger partial charge in [-0.1, -0.05) is 0 Å². The fraction of sp³-hybridized carbons (Fsp3) is 0.250. The number of halogens is 3. The third-order valence-corrected chi connectivity index (χ3v) is 5.23. The van der Waals surface area contributed by atoms with Crippen LogP contribution in [0.2, 0.25) is 0 Å². The molecule has 146 valence electrons. The number of pyridine rings is 1. The van der Waals surface area contributed by atoms with E-state index in [1.807, 2.05) is 0 Å². The third-order valence-electron chi connectivity index (χ3n) is 5.23. The van der Waals surface area contributed by atoms with Gasteiger partial charge in [0.15, 0.2) is 0 Å². The minimum Gasteiger partial charge on any atom is -0.371 e. The van der Waals surface area contributed by atoms with Crippen molar-refractivity contribution in [1.82, 2.24) is 15.0 Å². The Morgan fingerprint density at radius 1 is 0.897 bits per heavy atom. The molecule has 3 aromatic rings. The van der Waals surface area contributed by atoms with E-state index in [0.717, 1.165) is 18.9 Å². The van der Waals surface area contributed by atoms with Crippen LogP contribution in [0.15, 0.2) is 30.5 Å². The molecule has 1 saturated heterocycles. The molecule has 0 atom stereocenters. The fourth-order valence-corrected chi connectivity index (χ4v) is 3.86. The van der Waals surface area contributed by atoms with Crippen LogP contribution in [0, 0.1) is 0 Å². The van der Waals surface area contributed by atoms with E-state index >= 15 is 0 Å². The first-order valence-corrected chi connectivity index (χ1v) is 9.07. The Morgan fingerprint density at radius 3 is 2.24 bits per heavy atom. The highest BCUT2D eigenvalue weighted by Gasteiger charge is 2.38. The topological polar surface area (TPSA) is 76.1 Å². The van der Waals surface area contributed by atoms with E-state index in [9.17, 15) is 22.8 Å². The van der Waals surface area contributed by atoms with Crippen LogP contribution in [0.4, 0.5) is 18.9 Å². The average molecular weight is 398 g/mol. The highest BCUT2D eigenvalue weighted by molar-refractivity contribution is 6.26. The standard InChI is InChI=1S/C20H13F3N4O2/c21-20(22,23)11-8-12-13(9-14(11)27-6-1-2-7-27)26-17-16(25-12)18(28)10-4-3-5-24-15(10)19(17)29/h3-5,8-9H,1-2,6-7H2. The average Bonchev–Trinajstić information content (AvgIpc) is 3.24. The molecule has 0 spiro atoms. The van der Waals surface area contributed by atoms with Crippen molar-refractivity contribution in [2.45, 2.75) is 19.0 Å². The smallest absolute Gasteiger partial charge is 0.371 e. The second-order valence-electron chi connectivity index (χ2n) is 7.03. The molecule has 29 heavy (non-hydrogen) atoms. The predicted molar refractivity (Wildman–Crippen MR) is 97.1 cm³/mol. The number of anilines is 1. The van der Waals surface area contributed by atoms with E-state index in [2.05, 4.69) is 15.0 Å².